The highest BCUT2D eigenvalue weighted by atomic mass is 35.5. The number of halogens is 2. The predicted molar refractivity (Wildman–Crippen MR) is 142 cm³/mol. The molecule has 0 aliphatic heterocycles. The molecule has 0 saturated heterocycles. The molecule has 0 fully saturated rings. The first kappa shape index (κ1) is 25.0. The van der Waals surface area contributed by atoms with Crippen molar-refractivity contribution in [1.29, 1.82) is 0 Å². The standard InChI is InChI=1S/C27H23Cl2NO4S/c1-17-20(14-26(31)34-3)13-19-7-10-22(29)16-25(19)27(17)18-8-11-24(12-9-18)35(32,33)30(2)23-6-4-5-21(28)15-23/h4-13,15-16H,14H2,1-3H3. The second kappa shape index (κ2) is 9.90. The lowest BCUT2D eigenvalue weighted by molar-refractivity contribution is -0.139. The summed E-state index contributed by atoms with van der Waals surface area (Å²) >= 11 is 12.3. The van der Waals surface area contributed by atoms with E-state index in [-0.39, 0.29) is 17.3 Å². The zero-order valence-corrected chi connectivity index (χ0v) is 21.7. The van der Waals surface area contributed by atoms with E-state index in [1.165, 1.54) is 18.5 Å². The van der Waals surface area contributed by atoms with Gasteiger partial charge >= 0.3 is 5.97 Å². The highest BCUT2D eigenvalue weighted by Crippen LogP contribution is 2.37. The SMILES string of the molecule is COC(=O)Cc1cc2ccc(Cl)cc2c(-c2ccc(S(=O)(=O)N(C)c3cccc(Cl)c3)cc2)c1C. The van der Waals surface area contributed by atoms with E-state index < -0.39 is 10.0 Å². The van der Waals surface area contributed by atoms with Crippen molar-refractivity contribution in [3.8, 4) is 11.1 Å². The average molecular weight is 528 g/mol. The quantitative estimate of drug-likeness (QED) is 0.263. The van der Waals surface area contributed by atoms with Crippen molar-refractivity contribution in [1.82, 2.24) is 0 Å². The van der Waals surface area contributed by atoms with Gasteiger partial charge < -0.3 is 4.74 Å². The van der Waals surface area contributed by atoms with E-state index in [4.69, 9.17) is 27.9 Å². The third-order valence-electron chi connectivity index (χ3n) is 6.01. The van der Waals surface area contributed by atoms with Crippen LogP contribution >= 0.6 is 23.2 Å². The molecular weight excluding hydrogens is 505 g/mol. The molecule has 0 aliphatic rings. The van der Waals surface area contributed by atoms with Crippen molar-refractivity contribution in [2.75, 3.05) is 18.5 Å². The zero-order valence-electron chi connectivity index (χ0n) is 19.4. The molecule has 0 aliphatic carbocycles. The lowest BCUT2D eigenvalue weighted by atomic mass is 9.89. The number of fused-ring (bicyclic) bond motifs is 1. The monoisotopic (exact) mass is 527 g/mol. The summed E-state index contributed by atoms with van der Waals surface area (Å²) in [6.45, 7) is 1.94. The maximum absolute atomic E-state index is 13.2. The van der Waals surface area contributed by atoms with Gasteiger partial charge in [-0.15, -0.1) is 0 Å². The molecule has 4 aromatic carbocycles. The minimum Gasteiger partial charge on any atom is -0.469 e. The van der Waals surface area contributed by atoms with Crippen molar-refractivity contribution in [2.24, 2.45) is 0 Å². The van der Waals surface area contributed by atoms with Gasteiger partial charge in [-0.3, -0.25) is 9.10 Å². The Morgan fingerprint density at radius 2 is 1.63 bits per heavy atom. The van der Waals surface area contributed by atoms with E-state index in [0.717, 1.165) is 33.0 Å². The van der Waals surface area contributed by atoms with E-state index >= 15 is 0 Å². The number of methoxy groups -OCH3 is 1. The molecule has 0 aromatic heterocycles. The van der Waals surface area contributed by atoms with Gasteiger partial charge in [0, 0.05) is 17.1 Å². The molecule has 180 valence electrons. The van der Waals surface area contributed by atoms with E-state index in [2.05, 4.69) is 0 Å². The summed E-state index contributed by atoms with van der Waals surface area (Å²) < 4.78 is 32.5. The first-order valence-electron chi connectivity index (χ1n) is 10.8. The number of rotatable bonds is 6. The first-order valence-corrected chi connectivity index (χ1v) is 12.9. The van der Waals surface area contributed by atoms with Gasteiger partial charge in [-0.05, 0) is 82.4 Å². The van der Waals surface area contributed by atoms with Crippen molar-refractivity contribution >= 4 is 55.7 Å². The van der Waals surface area contributed by atoms with Crippen LogP contribution in [0.5, 0.6) is 0 Å². The van der Waals surface area contributed by atoms with Gasteiger partial charge in [0.25, 0.3) is 10.0 Å². The molecule has 0 amide bonds. The maximum atomic E-state index is 13.2. The second-order valence-corrected chi connectivity index (χ2v) is 11.0. The highest BCUT2D eigenvalue weighted by Gasteiger charge is 2.22. The number of hydrogen-bond acceptors (Lipinski definition) is 4. The summed E-state index contributed by atoms with van der Waals surface area (Å²) in [5, 5.41) is 2.87. The number of carbonyl (C=O) groups is 1. The van der Waals surface area contributed by atoms with Crippen LogP contribution in [0.1, 0.15) is 11.1 Å². The Balaban J connectivity index is 1.80. The number of hydrogen-bond donors (Lipinski definition) is 0. The van der Waals surface area contributed by atoms with Crippen molar-refractivity contribution < 1.29 is 17.9 Å². The normalized spacial score (nSPS) is 11.5. The summed E-state index contributed by atoms with van der Waals surface area (Å²) in [6.07, 6.45) is 0.130. The van der Waals surface area contributed by atoms with Crippen molar-refractivity contribution in [3.63, 3.8) is 0 Å². The van der Waals surface area contributed by atoms with Gasteiger partial charge in [0.15, 0.2) is 0 Å². The summed E-state index contributed by atoms with van der Waals surface area (Å²) in [5.74, 6) is -0.335. The molecule has 4 aromatic rings. The Bertz CT molecular complexity index is 1530. The molecule has 0 saturated carbocycles. The Hall–Kier alpha value is -3.06. The molecule has 8 heteroatoms. The molecule has 0 spiro atoms. The van der Waals surface area contributed by atoms with E-state index in [9.17, 15) is 13.2 Å². The number of nitrogens with zero attached hydrogens (tertiary/aromatic N) is 1. The smallest absolute Gasteiger partial charge is 0.309 e. The third-order valence-corrected chi connectivity index (χ3v) is 8.28. The largest absolute Gasteiger partial charge is 0.469 e. The Morgan fingerprint density at radius 3 is 2.29 bits per heavy atom. The van der Waals surface area contributed by atoms with Crippen LogP contribution in [0.25, 0.3) is 21.9 Å². The minimum atomic E-state index is -3.80. The Kier molecular flexibility index (Phi) is 7.08. The van der Waals surface area contributed by atoms with Crippen LogP contribution in [0.2, 0.25) is 10.0 Å². The van der Waals surface area contributed by atoms with Gasteiger partial charge in [0.1, 0.15) is 0 Å². The van der Waals surface area contributed by atoms with E-state index in [1.807, 2.05) is 25.1 Å². The predicted octanol–water partition coefficient (Wildman–Crippen LogP) is 6.66. The van der Waals surface area contributed by atoms with Gasteiger partial charge in [-0.25, -0.2) is 8.42 Å². The fourth-order valence-corrected chi connectivity index (χ4v) is 5.62. The fourth-order valence-electron chi connectivity index (χ4n) is 4.08. The molecule has 4 rings (SSSR count). The Labute approximate surface area is 214 Å². The average Bonchev–Trinajstić information content (AvgIpc) is 2.84. The lowest BCUT2D eigenvalue weighted by Gasteiger charge is -2.20. The molecule has 0 atom stereocenters. The first-order chi connectivity index (χ1) is 16.6. The van der Waals surface area contributed by atoms with Crippen LogP contribution in [-0.4, -0.2) is 28.5 Å². The van der Waals surface area contributed by atoms with Gasteiger partial charge in [0.05, 0.1) is 24.1 Å². The summed E-state index contributed by atoms with van der Waals surface area (Å²) in [4.78, 5) is 12.2. The lowest BCUT2D eigenvalue weighted by Crippen LogP contribution is -2.26. The van der Waals surface area contributed by atoms with Crippen LogP contribution in [0, 0.1) is 6.92 Å². The van der Waals surface area contributed by atoms with E-state index in [0.29, 0.717) is 15.7 Å². The number of benzene rings is 4. The molecule has 0 heterocycles. The zero-order chi connectivity index (χ0) is 25.3. The van der Waals surface area contributed by atoms with Crippen LogP contribution in [-0.2, 0) is 26.0 Å². The van der Waals surface area contributed by atoms with Gasteiger partial charge in [-0.1, -0.05) is 53.5 Å². The Morgan fingerprint density at radius 1 is 0.943 bits per heavy atom. The molecule has 35 heavy (non-hydrogen) atoms. The summed E-state index contributed by atoms with van der Waals surface area (Å²) in [5.41, 5.74) is 3.89. The molecule has 5 nitrogen and oxygen atoms in total. The number of anilines is 1. The topological polar surface area (TPSA) is 63.7 Å². The third kappa shape index (κ3) is 5.01. The van der Waals surface area contributed by atoms with Crippen molar-refractivity contribution in [2.45, 2.75) is 18.2 Å². The van der Waals surface area contributed by atoms with Gasteiger partial charge in [0.2, 0.25) is 0 Å². The molecule has 0 bridgehead atoms. The molecule has 0 radical (unpaired) electrons. The van der Waals surface area contributed by atoms with Crippen LogP contribution in [0.15, 0.2) is 77.7 Å². The maximum Gasteiger partial charge on any atom is 0.309 e. The second-order valence-electron chi connectivity index (χ2n) is 8.13. The van der Waals surface area contributed by atoms with Gasteiger partial charge in [-0.2, -0.15) is 0 Å². The fraction of sp³-hybridized carbons (Fsp3) is 0.148. The molecule has 0 unspecified atom stereocenters. The van der Waals surface area contributed by atoms with Crippen LogP contribution in [0.3, 0.4) is 0 Å². The van der Waals surface area contributed by atoms with Crippen molar-refractivity contribution in [3.05, 3.63) is 94.0 Å². The number of carbonyl (C=O) groups excluding carboxylic acids is 1. The summed E-state index contributed by atoms with van der Waals surface area (Å²) in [7, 11) is -0.951. The minimum absolute atomic E-state index is 0.130. The highest BCUT2D eigenvalue weighted by molar-refractivity contribution is 7.92. The van der Waals surface area contributed by atoms with Crippen LogP contribution in [0.4, 0.5) is 5.69 Å². The molecular formula is C27H23Cl2NO4S. The number of sulfonamides is 1. The molecule has 0 N–H and O–H groups in total. The number of ether oxygens (including phenoxy) is 1. The van der Waals surface area contributed by atoms with E-state index in [1.54, 1.807) is 54.6 Å². The number of esters is 1. The summed E-state index contributed by atoms with van der Waals surface area (Å²) in [6, 6.07) is 20.9. The van der Waals surface area contributed by atoms with Crippen LogP contribution < -0.4 is 4.31 Å².